The van der Waals surface area contributed by atoms with Crippen LogP contribution in [0.4, 0.5) is 4.39 Å². The van der Waals surface area contributed by atoms with Gasteiger partial charge < -0.3 is 10.1 Å². The van der Waals surface area contributed by atoms with E-state index in [4.69, 9.17) is 33.1 Å². The van der Waals surface area contributed by atoms with Crippen LogP contribution in [0.1, 0.15) is 64.2 Å². The minimum absolute atomic E-state index is 0.0724. The Bertz CT molecular complexity index is 683. The van der Waals surface area contributed by atoms with Gasteiger partial charge in [0.2, 0.25) is 15.9 Å². The highest BCUT2D eigenvalue weighted by Crippen LogP contribution is 2.36. The molecule has 3 rings (SSSR count). The first-order chi connectivity index (χ1) is 13.6. The first-order valence-electron chi connectivity index (χ1n) is 10.5. The Morgan fingerprint density at radius 3 is 2.45 bits per heavy atom. The number of nitrogens with two attached hydrogens (primary N) is 1. The van der Waals surface area contributed by atoms with Crippen molar-refractivity contribution in [3.63, 3.8) is 0 Å². The highest BCUT2D eigenvalue weighted by atomic mass is 35.5. The van der Waals surface area contributed by atoms with Crippen LogP contribution in [0, 0.1) is 5.92 Å². The molecular weight excluding hydrogens is 442 g/mol. The molecule has 0 bridgehead atoms. The summed E-state index contributed by atoms with van der Waals surface area (Å²) in [5.41, 5.74) is 0. The smallest absolute Gasteiger partial charge is 0.225 e. The first kappa shape index (κ1) is 23.5. The molecule has 3 fully saturated rings. The molecule has 0 heterocycles. The lowest BCUT2D eigenvalue weighted by Gasteiger charge is -2.39. The number of primary sulfonamides is 1. The SMILES string of the molecule is NS(=O)(=O)C1CCCC(NC(=O)C2CCC(Cl)CC2OC2CCC(F)CC2Cl)C1. The normalized spacial score (nSPS) is 41.7. The van der Waals surface area contributed by atoms with E-state index in [1.807, 2.05) is 0 Å². The van der Waals surface area contributed by atoms with Crippen molar-refractivity contribution >= 4 is 39.1 Å². The minimum Gasteiger partial charge on any atom is -0.373 e. The summed E-state index contributed by atoms with van der Waals surface area (Å²) in [6, 6.07) is -0.211. The largest absolute Gasteiger partial charge is 0.373 e. The van der Waals surface area contributed by atoms with Gasteiger partial charge >= 0.3 is 0 Å². The topological polar surface area (TPSA) is 98.5 Å². The fraction of sp³-hybridized carbons (Fsp3) is 0.947. The number of hydrogen-bond donors (Lipinski definition) is 2. The van der Waals surface area contributed by atoms with Crippen molar-refractivity contribution in [3.8, 4) is 0 Å². The van der Waals surface area contributed by atoms with Crippen LogP contribution in [-0.4, -0.2) is 54.8 Å². The number of amides is 1. The molecule has 1 amide bonds. The van der Waals surface area contributed by atoms with Gasteiger partial charge in [-0.3, -0.25) is 4.79 Å². The van der Waals surface area contributed by atoms with Crippen molar-refractivity contribution in [2.75, 3.05) is 0 Å². The van der Waals surface area contributed by atoms with Gasteiger partial charge in [0.15, 0.2) is 0 Å². The molecule has 3 saturated carbocycles. The Balaban J connectivity index is 1.61. The molecule has 0 aromatic heterocycles. The highest BCUT2D eigenvalue weighted by Gasteiger charge is 2.40. The van der Waals surface area contributed by atoms with E-state index in [0.29, 0.717) is 51.4 Å². The van der Waals surface area contributed by atoms with Crippen molar-refractivity contribution in [1.82, 2.24) is 5.32 Å². The van der Waals surface area contributed by atoms with Crippen LogP contribution >= 0.6 is 23.2 Å². The van der Waals surface area contributed by atoms with Crippen LogP contribution in [0.15, 0.2) is 0 Å². The number of ether oxygens (including phenoxy) is 1. The van der Waals surface area contributed by atoms with Crippen LogP contribution in [0.2, 0.25) is 0 Å². The second-order valence-corrected chi connectivity index (χ2v) is 11.8. The van der Waals surface area contributed by atoms with E-state index >= 15 is 0 Å². The van der Waals surface area contributed by atoms with Gasteiger partial charge in [-0.1, -0.05) is 6.42 Å². The zero-order chi connectivity index (χ0) is 21.2. The quantitative estimate of drug-likeness (QED) is 0.600. The molecule has 10 heteroatoms. The summed E-state index contributed by atoms with van der Waals surface area (Å²) in [6.45, 7) is 0. The van der Waals surface area contributed by atoms with E-state index in [2.05, 4.69) is 5.32 Å². The van der Waals surface area contributed by atoms with Gasteiger partial charge in [0, 0.05) is 11.4 Å². The third-order valence-corrected chi connectivity index (χ3v) is 8.71. The zero-order valence-electron chi connectivity index (χ0n) is 16.4. The van der Waals surface area contributed by atoms with Gasteiger partial charge in [-0.2, -0.15) is 0 Å². The van der Waals surface area contributed by atoms with Crippen molar-refractivity contribution in [2.45, 2.75) is 105 Å². The fourth-order valence-electron chi connectivity index (χ4n) is 4.83. The van der Waals surface area contributed by atoms with Crippen molar-refractivity contribution < 1.29 is 22.3 Å². The summed E-state index contributed by atoms with van der Waals surface area (Å²) in [7, 11) is -3.61. The van der Waals surface area contributed by atoms with E-state index in [1.165, 1.54) is 0 Å². The van der Waals surface area contributed by atoms with E-state index in [9.17, 15) is 17.6 Å². The number of nitrogens with one attached hydrogen (secondary N) is 1. The standard InChI is InChI=1S/C19H31Cl2FN2O4S/c20-11-4-6-15(18(8-11)28-17-7-5-12(22)9-16(17)21)19(25)24-13-2-1-3-14(10-13)29(23,26)27/h11-18H,1-10H2,(H,24,25)(H2,23,26,27). The van der Waals surface area contributed by atoms with Crippen LogP contribution < -0.4 is 10.5 Å². The second kappa shape index (κ2) is 9.98. The molecule has 0 saturated heterocycles. The minimum atomic E-state index is -3.61. The van der Waals surface area contributed by atoms with E-state index in [0.717, 1.165) is 6.42 Å². The number of rotatable bonds is 5. The van der Waals surface area contributed by atoms with Crippen molar-refractivity contribution in [3.05, 3.63) is 0 Å². The third kappa shape index (κ3) is 6.42. The molecule has 6 nitrogen and oxygen atoms in total. The van der Waals surface area contributed by atoms with Gasteiger partial charge in [0.1, 0.15) is 6.17 Å². The molecule has 3 aliphatic rings. The molecule has 0 aromatic carbocycles. The molecule has 0 spiro atoms. The predicted octanol–water partition coefficient (Wildman–Crippen LogP) is 2.99. The van der Waals surface area contributed by atoms with Crippen molar-refractivity contribution in [2.24, 2.45) is 11.1 Å². The maximum Gasteiger partial charge on any atom is 0.225 e. The Labute approximate surface area is 182 Å². The van der Waals surface area contributed by atoms with Gasteiger partial charge in [-0.25, -0.2) is 17.9 Å². The molecule has 29 heavy (non-hydrogen) atoms. The molecule has 8 unspecified atom stereocenters. The van der Waals surface area contributed by atoms with Crippen LogP contribution in [0.5, 0.6) is 0 Å². The lowest BCUT2D eigenvalue weighted by molar-refractivity contribution is -0.138. The number of carbonyl (C=O) groups excluding carboxylic acids is 1. The molecule has 0 aliphatic heterocycles. The monoisotopic (exact) mass is 472 g/mol. The van der Waals surface area contributed by atoms with Gasteiger partial charge in [0.05, 0.1) is 28.8 Å². The summed E-state index contributed by atoms with van der Waals surface area (Å²) < 4.78 is 43.1. The lowest BCUT2D eigenvalue weighted by Crippen LogP contribution is -2.50. The molecule has 0 aromatic rings. The summed E-state index contributed by atoms with van der Waals surface area (Å²) in [5.74, 6) is -0.504. The highest BCUT2D eigenvalue weighted by molar-refractivity contribution is 7.89. The van der Waals surface area contributed by atoms with E-state index < -0.39 is 26.8 Å². The first-order valence-corrected chi connectivity index (χ1v) is 13.0. The summed E-state index contributed by atoms with van der Waals surface area (Å²) >= 11 is 12.6. The maximum atomic E-state index is 13.6. The predicted molar refractivity (Wildman–Crippen MR) is 111 cm³/mol. The maximum absolute atomic E-state index is 13.6. The molecule has 8 atom stereocenters. The number of sulfonamides is 1. The fourth-order valence-corrected chi connectivity index (χ4v) is 6.51. The van der Waals surface area contributed by atoms with E-state index in [-0.39, 0.29) is 41.9 Å². The summed E-state index contributed by atoms with van der Waals surface area (Å²) in [4.78, 5) is 13.0. The summed E-state index contributed by atoms with van der Waals surface area (Å²) in [5, 5.41) is 7.22. The van der Waals surface area contributed by atoms with Gasteiger partial charge in [0.25, 0.3) is 0 Å². The Hall–Kier alpha value is -0.150. The van der Waals surface area contributed by atoms with Crippen LogP contribution in [-0.2, 0) is 19.6 Å². The average molecular weight is 473 g/mol. The lowest BCUT2D eigenvalue weighted by atomic mass is 9.84. The van der Waals surface area contributed by atoms with Crippen LogP contribution in [0.25, 0.3) is 0 Å². The zero-order valence-corrected chi connectivity index (χ0v) is 18.8. The number of carbonyl (C=O) groups is 1. The Kier molecular flexibility index (Phi) is 8.09. The van der Waals surface area contributed by atoms with E-state index in [1.54, 1.807) is 0 Å². The van der Waals surface area contributed by atoms with Gasteiger partial charge in [-0.15, -0.1) is 23.2 Å². The number of alkyl halides is 3. The number of hydrogen-bond acceptors (Lipinski definition) is 4. The average Bonchev–Trinajstić information content (AvgIpc) is 2.63. The third-order valence-electron chi connectivity index (χ3n) is 6.50. The molecule has 168 valence electrons. The molecule has 3 aliphatic carbocycles. The van der Waals surface area contributed by atoms with Crippen LogP contribution in [0.3, 0.4) is 0 Å². The molecule has 0 radical (unpaired) electrons. The Morgan fingerprint density at radius 2 is 1.76 bits per heavy atom. The van der Waals surface area contributed by atoms with Crippen molar-refractivity contribution in [1.29, 1.82) is 0 Å². The second-order valence-electron chi connectivity index (χ2n) is 8.74. The Morgan fingerprint density at radius 1 is 1.00 bits per heavy atom. The summed E-state index contributed by atoms with van der Waals surface area (Å²) in [6.07, 6.45) is 3.82. The molecule has 3 N–H and O–H groups in total. The van der Waals surface area contributed by atoms with Gasteiger partial charge in [-0.05, 0) is 57.8 Å². The number of halogens is 3. The molecular formula is C19H31Cl2FN2O4S.